The second kappa shape index (κ2) is 4.16. The molecule has 0 bridgehead atoms. The number of pyridine rings is 1. The Hall–Kier alpha value is -2.23. The molecule has 1 aromatic heterocycles. The first kappa shape index (κ1) is 11.8. The molecule has 0 saturated carbocycles. The fourth-order valence-electron chi connectivity index (χ4n) is 2.34. The highest BCUT2D eigenvalue weighted by Crippen LogP contribution is 2.24. The van der Waals surface area contributed by atoms with Crippen LogP contribution in [0.25, 0.3) is 21.7 Å². The van der Waals surface area contributed by atoms with Crippen LogP contribution in [0.2, 0.25) is 0 Å². The number of aryl methyl sites for hydroxylation is 1. The van der Waals surface area contributed by atoms with Crippen molar-refractivity contribution in [2.24, 2.45) is 0 Å². The Morgan fingerprint density at radius 2 is 1.84 bits per heavy atom. The van der Waals surface area contributed by atoms with Crippen LogP contribution in [-0.4, -0.2) is 4.98 Å². The number of nitrogens with one attached hydrogen (secondary N) is 1. The predicted octanol–water partition coefficient (Wildman–Crippen LogP) is 3.52. The number of rotatable bonds is 1. The number of hydrogen-bond acceptors (Lipinski definition) is 1. The highest BCUT2D eigenvalue weighted by molar-refractivity contribution is 6.05. The molecule has 0 amide bonds. The van der Waals surface area contributed by atoms with Gasteiger partial charge in [0, 0.05) is 10.8 Å². The molecule has 1 heterocycles. The van der Waals surface area contributed by atoms with Gasteiger partial charge in [-0.05, 0) is 47.7 Å². The Balaban J connectivity index is 2.54. The van der Waals surface area contributed by atoms with Crippen LogP contribution in [0.4, 0.5) is 8.78 Å². The van der Waals surface area contributed by atoms with E-state index in [4.69, 9.17) is 0 Å². The summed E-state index contributed by atoms with van der Waals surface area (Å²) >= 11 is 0. The van der Waals surface area contributed by atoms with Gasteiger partial charge in [0.1, 0.15) is 11.6 Å². The maximum Gasteiger partial charge on any atom is 0.256 e. The van der Waals surface area contributed by atoms with E-state index >= 15 is 0 Å². The minimum Gasteiger partial charge on any atom is -0.321 e. The van der Waals surface area contributed by atoms with Gasteiger partial charge in [0.05, 0.1) is 5.52 Å². The third kappa shape index (κ3) is 1.80. The number of aromatic nitrogens is 1. The van der Waals surface area contributed by atoms with Crippen molar-refractivity contribution in [2.75, 3.05) is 0 Å². The van der Waals surface area contributed by atoms with Gasteiger partial charge in [-0.3, -0.25) is 4.79 Å². The molecule has 3 aromatic rings. The van der Waals surface area contributed by atoms with Gasteiger partial charge in [0.15, 0.2) is 0 Å². The topological polar surface area (TPSA) is 32.9 Å². The van der Waals surface area contributed by atoms with Crippen molar-refractivity contribution >= 4 is 21.7 Å². The summed E-state index contributed by atoms with van der Waals surface area (Å²) in [7, 11) is 0. The molecule has 0 aliphatic rings. The first-order valence-electron chi connectivity index (χ1n) is 6.04. The fraction of sp³-hybridized carbons (Fsp3) is 0.133. The van der Waals surface area contributed by atoms with Gasteiger partial charge in [0.25, 0.3) is 5.56 Å². The Kier molecular flexibility index (Phi) is 2.59. The van der Waals surface area contributed by atoms with Crippen molar-refractivity contribution in [1.82, 2.24) is 4.98 Å². The lowest BCUT2D eigenvalue weighted by molar-refractivity contribution is 0.614. The Labute approximate surface area is 107 Å². The third-order valence-electron chi connectivity index (χ3n) is 3.33. The highest BCUT2D eigenvalue weighted by atomic mass is 19.1. The normalized spacial score (nSPS) is 11.3. The lowest BCUT2D eigenvalue weighted by Gasteiger charge is -2.06. The Morgan fingerprint density at radius 3 is 2.58 bits per heavy atom. The first-order valence-corrected chi connectivity index (χ1v) is 6.04. The third-order valence-corrected chi connectivity index (χ3v) is 3.33. The fourth-order valence-corrected chi connectivity index (χ4v) is 2.34. The van der Waals surface area contributed by atoms with E-state index in [1.165, 1.54) is 18.2 Å². The largest absolute Gasteiger partial charge is 0.321 e. The number of hydrogen-bond donors (Lipinski definition) is 1. The molecule has 0 fully saturated rings. The van der Waals surface area contributed by atoms with Gasteiger partial charge in [-0.25, -0.2) is 8.78 Å². The molecule has 0 aliphatic heterocycles. The van der Waals surface area contributed by atoms with Crippen LogP contribution in [0.3, 0.4) is 0 Å². The molecule has 2 aromatic carbocycles. The van der Waals surface area contributed by atoms with Gasteiger partial charge in [0.2, 0.25) is 0 Å². The van der Waals surface area contributed by atoms with Gasteiger partial charge < -0.3 is 4.98 Å². The summed E-state index contributed by atoms with van der Waals surface area (Å²) in [4.78, 5) is 14.6. The van der Waals surface area contributed by atoms with Crippen LogP contribution < -0.4 is 5.56 Å². The molecule has 0 spiro atoms. The van der Waals surface area contributed by atoms with E-state index in [0.29, 0.717) is 33.7 Å². The van der Waals surface area contributed by atoms with Gasteiger partial charge in [-0.15, -0.1) is 0 Å². The molecule has 96 valence electrons. The molecule has 0 radical (unpaired) electrons. The summed E-state index contributed by atoms with van der Waals surface area (Å²) in [6.45, 7) is 1.83. The maximum absolute atomic E-state index is 13.9. The number of benzene rings is 2. The molecule has 1 N–H and O–H groups in total. The Morgan fingerprint density at radius 1 is 1.05 bits per heavy atom. The predicted molar refractivity (Wildman–Crippen MR) is 71.4 cm³/mol. The number of H-pyrrole nitrogens is 1. The number of aromatic amines is 1. The molecule has 0 unspecified atom stereocenters. The van der Waals surface area contributed by atoms with Crippen molar-refractivity contribution < 1.29 is 8.78 Å². The zero-order valence-corrected chi connectivity index (χ0v) is 10.3. The minimum atomic E-state index is -0.437. The SMILES string of the molecule is CCc1cc2c(=O)[nH]c3cc(F)ccc3c2cc1F. The van der Waals surface area contributed by atoms with Crippen molar-refractivity contribution in [3.05, 3.63) is 57.9 Å². The highest BCUT2D eigenvalue weighted by Gasteiger charge is 2.10. The molecule has 19 heavy (non-hydrogen) atoms. The molecule has 0 saturated heterocycles. The summed E-state index contributed by atoms with van der Waals surface area (Å²) in [6.07, 6.45) is 0.517. The Bertz CT molecular complexity index is 852. The van der Waals surface area contributed by atoms with Gasteiger partial charge >= 0.3 is 0 Å². The monoisotopic (exact) mass is 259 g/mol. The van der Waals surface area contributed by atoms with Crippen LogP contribution in [0.15, 0.2) is 35.1 Å². The van der Waals surface area contributed by atoms with E-state index in [2.05, 4.69) is 4.98 Å². The first-order chi connectivity index (χ1) is 9.10. The summed E-state index contributed by atoms with van der Waals surface area (Å²) in [5, 5.41) is 1.57. The van der Waals surface area contributed by atoms with E-state index in [9.17, 15) is 13.6 Å². The maximum atomic E-state index is 13.9. The van der Waals surface area contributed by atoms with E-state index in [-0.39, 0.29) is 11.4 Å². The molecule has 3 rings (SSSR count). The summed E-state index contributed by atoms with van der Waals surface area (Å²) in [6, 6.07) is 7.00. The van der Waals surface area contributed by atoms with Crippen LogP contribution in [0.5, 0.6) is 0 Å². The number of fused-ring (bicyclic) bond motifs is 3. The summed E-state index contributed by atoms with van der Waals surface area (Å²) in [5.74, 6) is -0.778. The van der Waals surface area contributed by atoms with E-state index < -0.39 is 5.82 Å². The van der Waals surface area contributed by atoms with Crippen LogP contribution in [0.1, 0.15) is 12.5 Å². The molecular formula is C15H11F2NO. The second-order valence-corrected chi connectivity index (χ2v) is 4.49. The smallest absolute Gasteiger partial charge is 0.256 e. The average molecular weight is 259 g/mol. The quantitative estimate of drug-likeness (QED) is 0.666. The standard InChI is InChI=1S/C15H11F2NO/c1-2-8-5-12-11(7-13(8)17)10-4-3-9(16)6-14(10)18-15(12)19/h3-7H,2H2,1H3,(H,18,19). The van der Waals surface area contributed by atoms with Crippen LogP contribution in [0, 0.1) is 11.6 Å². The van der Waals surface area contributed by atoms with E-state index in [1.807, 2.05) is 6.92 Å². The number of halogens is 2. The van der Waals surface area contributed by atoms with Crippen molar-refractivity contribution in [2.45, 2.75) is 13.3 Å². The lowest BCUT2D eigenvalue weighted by Crippen LogP contribution is -2.07. The van der Waals surface area contributed by atoms with Crippen molar-refractivity contribution in [3.63, 3.8) is 0 Å². The van der Waals surface area contributed by atoms with E-state index in [0.717, 1.165) is 0 Å². The minimum absolute atomic E-state index is 0.331. The molecule has 2 nitrogen and oxygen atoms in total. The average Bonchev–Trinajstić information content (AvgIpc) is 2.38. The second-order valence-electron chi connectivity index (χ2n) is 4.49. The van der Waals surface area contributed by atoms with Gasteiger partial charge in [-0.1, -0.05) is 6.92 Å². The molecular weight excluding hydrogens is 248 g/mol. The van der Waals surface area contributed by atoms with E-state index in [1.54, 1.807) is 12.1 Å². The van der Waals surface area contributed by atoms with Crippen molar-refractivity contribution in [1.29, 1.82) is 0 Å². The summed E-state index contributed by atoms with van der Waals surface area (Å²) in [5.41, 5.74) is 0.545. The molecule has 0 aliphatic carbocycles. The lowest BCUT2D eigenvalue weighted by atomic mass is 10.0. The van der Waals surface area contributed by atoms with Crippen LogP contribution in [-0.2, 0) is 6.42 Å². The zero-order chi connectivity index (χ0) is 13.6. The van der Waals surface area contributed by atoms with Crippen LogP contribution >= 0.6 is 0 Å². The van der Waals surface area contributed by atoms with Gasteiger partial charge in [-0.2, -0.15) is 0 Å². The van der Waals surface area contributed by atoms with Crippen molar-refractivity contribution in [3.8, 4) is 0 Å². The molecule has 0 atom stereocenters. The molecule has 4 heteroatoms. The summed E-state index contributed by atoms with van der Waals surface area (Å²) < 4.78 is 27.0. The zero-order valence-electron chi connectivity index (χ0n) is 10.3.